The maximum atomic E-state index is 10.0. The zero-order valence-electron chi connectivity index (χ0n) is 16.3. The molecule has 3 aliphatic rings. The van der Waals surface area contributed by atoms with Gasteiger partial charge >= 0.3 is 6.82 Å². The molecule has 144 valence electrons. The van der Waals surface area contributed by atoms with Crippen molar-refractivity contribution in [2.24, 2.45) is 5.92 Å². The number of hydrogen-bond donors (Lipinski definition) is 0. The molecule has 0 N–H and O–H groups in total. The van der Waals surface area contributed by atoms with Gasteiger partial charge in [0.1, 0.15) is 29.3 Å². The van der Waals surface area contributed by atoms with Crippen LogP contribution in [0.15, 0.2) is 72.7 Å². The van der Waals surface area contributed by atoms with E-state index in [1.165, 1.54) is 0 Å². The van der Waals surface area contributed by atoms with E-state index in [9.17, 15) is 5.26 Å². The predicted octanol–water partition coefficient (Wildman–Crippen LogP) is 3.40. The molecule has 1 aromatic heterocycles. The topological polar surface area (TPSA) is 58.6 Å². The fourth-order valence-electron chi connectivity index (χ4n) is 3.95. The van der Waals surface area contributed by atoms with Crippen LogP contribution in [0.25, 0.3) is 5.57 Å². The number of hydrogen-bond acceptors (Lipinski definition) is 5. The van der Waals surface area contributed by atoms with Crippen molar-refractivity contribution in [3.05, 3.63) is 78.4 Å². The highest BCUT2D eigenvalue weighted by Crippen LogP contribution is 2.43. The summed E-state index contributed by atoms with van der Waals surface area (Å²) >= 11 is 0. The van der Waals surface area contributed by atoms with Crippen LogP contribution in [-0.4, -0.2) is 18.2 Å². The van der Waals surface area contributed by atoms with Crippen LogP contribution in [0.3, 0.4) is 0 Å². The van der Waals surface area contributed by atoms with Crippen LogP contribution in [0.5, 0.6) is 17.2 Å². The fourth-order valence-corrected chi connectivity index (χ4v) is 3.95. The minimum atomic E-state index is -2.18. The number of aromatic nitrogens is 1. The molecule has 5 rings (SSSR count). The molecule has 0 amide bonds. The molecule has 0 bridgehead atoms. The fraction of sp³-hybridized carbons (Fsp3) is 0.182. The Kier molecular flexibility index (Phi) is 3.88. The molecule has 4 heterocycles. The van der Waals surface area contributed by atoms with Crippen LogP contribution < -0.4 is 18.5 Å². The summed E-state index contributed by atoms with van der Waals surface area (Å²) in [6, 6.07) is 13.7. The molecule has 7 heteroatoms. The van der Waals surface area contributed by atoms with Gasteiger partial charge < -0.3 is 23.3 Å². The van der Waals surface area contributed by atoms with E-state index in [0.717, 1.165) is 5.70 Å². The summed E-state index contributed by atoms with van der Waals surface area (Å²) in [4.78, 5) is 1.90. The lowest BCUT2D eigenvalue weighted by Crippen LogP contribution is -2.81. The standard InChI is InChI=1S/C22H20BN3O3/c1-16(2)15-27-21-11-7-13-26-22(21)17(14-24)18-8-5-6-12-25(18)23(26)28-19-9-3-4-10-20(19)29-23/h3-13,16H,15H2,1-2H3. The van der Waals surface area contributed by atoms with E-state index in [1.54, 1.807) is 0 Å². The second-order valence-electron chi connectivity index (χ2n) is 7.63. The van der Waals surface area contributed by atoms with Crippen molar-refractivity contribution in [2.75, 3.05) is 6.61 Å². The van der Waals surface area contributed by atoms with Crippen molar-refractivity contribution in [1.29, 1.82) is 5.26 Å². The first-order valence-electron chi connectivity index (χ1n) is 9.71. The zero-order valence-corrected chi connectivity index (χ0v) is 16.3. The van der Waals surface area contributed by atoms with Crippen molar-refractivity contribution in [3.63, 3.8) is 0 Å². The summed E-state index contributed by atoms with van der Waals surface area (Å²) < 4.78 is 20.9. The van der Waals surface area contributed by atoms with Gasteiger partial charge in [-0.05, 0) is 42.5 Å². The summed E-state index contributed by atoms with van der Waals surface area (Å²) in [5.41, 5.74) is 1.90. The summed E-state index contributed by atoms with van der Waals surface area (Å²) in [6.45, 7) is 2.56. The van der Waals surface area contributed by atoms with E-state index in [2.05, 4.69) is 19.9 Å². The normalized spacial score (nSPS) is 17.4. The highest BCUT2D eigenvalue weighted by atomic mass is 16.7. The molecule has 3 aliphatic heterocycles. The quantitative estimate of drug-likeness (QED) is 0.759. The molecule has 0 saturated heterocycles. The Bertz CT molecular complexity index is 1110. The second-order valence-corrected chi connectivity index (χ2v) is 7.63. The average molecular weight is 385 g/mol. The van der Waals surface area contributed by atoms with Gasteiger partial charge in [-0.3, -0.25) is 0 Å². The molecule has 0 atom stereocenters. The molecule has 1 spiro atoms. The lowest BCUT2D eigenvalue weighted by Gasteiger charge is -2.43. The van der Waals surface area contributed by atoms with Gasteiger partial charge in [-0.2, -0.15) is 5.26 Å². The lowest BCUT2D eigenvalue weighted by atomic mass is 9.78. The van der Waals surface area contributed by atoms with Crippen molar-refractivity contribution >= 4 is 12.4 Å². The van der Waals surface area contributed by atoms with Crippen molar-refractivity contribution in [3.8, 4) is 23.3 Å². The van der Waals surface area contributed by atoms with Gasteiger partial charge in [0.25, 0.3) is 0 Å². The van der Waals surface area contributed by atoms with Crippen LogP contribution in [0.4, 0.5) is 0 Å². The van der Waals surface area contributed by atoms with E-state index in [-0.39, 0.29) is 0 Å². The SMILES string of the molecule is CC(C)COc1ccc[n+]2c1C(C#N)=C1C=CC=CN1[B-]21Oc2ccccc2O1. The molecular formula is C22H20BN3O3. The van der Waals surface area contributed by atoms with Crippen molar-refractivity contribution in [2.45, 2.75) is 13.8 Å². The molecule has 1 aromatic carbocycles. The third kappa shape index (κ3) is 2.53. The minimum absolute atomic E-state index is 0.356. The monoisotopic (exact) mass is 385 g/mol. The number of rotatable bonds is 3. The molecule has 2 aromatic rings. The number of para-hydroxylation sites is 2. The average Bonchev–Trinajstić information content (AvgIpc) is 3.13. The Morgan fingerprint density at radius 1 is 1.14 bits per heavy atom. The first-order valence-corrected chi connectivity index (χ1v) is 9.71. The van der Waals surface area contributed by atoms with Crippen LogP contribution in [0, 0.1) is 17.2 Å². The summed E-state index contributed by atoms with van der Waals surface area (Å²) in [6.07, 6.45) is 9.48. The Labute approximate surface area is 169 Å². The Balaban J connectivity index is 1.75. The molecule has 0 fully saturated rings. The number of fused-ring (bicyclic) bond motifs is 5. The second kappa shape index (κ2) is 6.45. The van der Waals surface area contributed by atoms with Gasteiger partial charge in [-0.15, -0.1) is 0 Å². The number of nitrogens with zero attached hydrogens (tertiary/aromatic N) is 3. The largest absolute Gasteiger partial charge is 0.780 e. The van der Waals surface area contributed by atoms with Crippen LogP contribution in [0.1, 0.15) is 19.5 Å². The summed E-state index contributed by atoms with van der Waals surface area (Å²) in [5.74, 6) is 2.33. The molecule has 0 radical (unpaired) electrons. The van der Waals surface area contributed by atoms with Crippen LogP contribution in [-0.2, 0) is 0 Å². The van der Waals surface area contributed by atoms with Gasteiger partial charge in [0.15, 0.2) is 5.75 Å². The number of ether oxygens (including phenoxy) is 1. The molecule has 0 saturated carbocycles. The van der Waals surface area contributed by atoms with Gasteiger partial charge in [0, 0.05) is 11.8 Å². The molecule has 6 nitrogen and oxygen atoms in total. The van der Waals surface area contributed by atoms with E-state index in [1.807, 2.05) is 76.3 Å². The van der Waals surface area contributed by atoms with E-state index >= 15 is 0 Å². The smallest absolute Gasteiger partial charge is 0.599 e. The number of allylic oxidation sites excluding steroid dienone is 4. The van der Waals surface area contributed by atoms with E-state index in [0.29, 0.717) is 41.0 Å². The predicted molar refractivity (Wildman–Crippen MR) is 108 cm³/mol. The van der Waals surface area contributed by atoms with Gasteiger partial charge in [0.2, 0.25) is 5.69 Å². The maximum Gasteiger partial charge on any atom is 0.780 e. The first kappa shape index (κ1) is 17.4. The van der Waals surface area contributed by atoms with E-state index in [4.69, 9.17) is 14.0 Å². The highest BCUT2D eigenvalue weighted by molar-refractivity contribution is 6.59. The van der Waals surface area contributed by atoms with E-state index < -0.39 is 6.82 Å². The lowest BCUT2D eigenvalue weighted by molar-refractivity contribution is -0.581. The van der Waals surface area contributed by atoms with Gasteiger partial charge in [-0.25, -0.2) is 0 Å². The van der Waals surface area contributed by atoms with Crippen molar-refractivity contribution in [1.82, 2.24) is 4.81 Å². The Morgan fingerprint density at radius 3 is 2.59 bits per heavy atom. The Hall–Kier alpha value is -3.66. The third-order valence-corrected chi connectivity index (χ3v) is 5.17. The number of pyridine rings is 1. The third-order valence-electron chi connectivity index (χ3n) is 5.17. The molecule has 29 heavy (non-hydrogen) atoms. The van der Waals surface area contributed by atoms with Gasteiger partial charge in [-0.1, -0.05) is 32.1 Å². The molecular weight excluding hydrogens is 365 g/mol. The van der Waals surface area contributed by atoms with Crippen LogP contribution in [0.2, 0.25) is 0 Å². The number of nitriles is 1. The zero-order chi connectivity index (χ0) is 20.0. The van der Waals surface area contributed by atoms with Gasteiger partial charge in [0.05, 0.1) is 6.61 Å². The highest BCUT2D eigenvalue weighted by Gasteiger charge is 2.62. The Morgan fingerprint density at radius 2 is 1.90 bits per heavy atom. The van der Waals surface area contributed by atoms with Crippen molar-refractivity contribution < 1.29 is 18.5 Å². The summed E-state index contributed by atoms with van der Waals surface area (Å²) in [7, 11) is 0. The van der Waals surface area contributed by atoms with Crippen LogP contribution >= 0.6 is 0 Å². The molecule has 0 unspecified atom stereocenters. The summed E-state index contributed by atoms with van der Waals surface area (Å²) in [5, 5.41) is 10.0. The minimum Gasteiger partial charge on any atom is -0.599 e. The maximum absolute atomic E-state index is 10.0. The first-order chi connectivity index (χ1) is 14.1. The number of benzene rings is 1. The molecule has 0 aliphatic carbocycles.